The van der Waals surface area contributed by atoms with E-state index in [-0.39, 0.29) is 23.6 Å². The Morgan fingerprint density at radius 2 is 1.96 bits per heavy atom. The van der Waals surface area contributed by atoms with E-state index in [1.165, 1.54) is 0 Å². The molecule has 26 heavy (non-hydrogen) atoms. The van der Waals surface area contributed by atoms with Gasteiger partial charge >= 0.3 is 0 Å². The lowest BCUT2D eigenvalue weighted by Crippen LogP contribution is -2.57. The molecule has 7 heteroatoms. The Kier molecular flexibility index (Phi) is 4.77. The summed E-state index contributed by atoms with van der Waals surface area (Å²) in [6.45, 7) is 7.58. The number of aliphatic carboxylic acids is 1. The summed E-state index contributed by atoms with van der Waals surface area (Å²) < 4.78 is -0.535. The number of hydrogen-bond acceptors (Lipinski definition) is 5. The minimum absolute atomic E-state index is 0.0922. The Labute approximate surface area is 157 Å². The highest BCUT2D eigenvalue weighted by molar-refractivity contribution is 8.01. The van der Waals surface area contributed by atoms with Crippen molar-refractivity contribution in [3.05, 3.63) is 35.4 Å². The molecule has 0 unspecified atom stereocenters. The Hall–Kier alpha value is -2.02. The monoisotopic (exact) mass is 375 g/mol. The Morgan fingerprint density at radius 3 is 2.58 bits per heavy atom. The predicted molar refractivity (Wildman–Crippen MR) is 97.2 cm³/mol. The molecule has 3 atom stereocenters. The van der Waals surface area contributed by atoms with Crippen molar-refractivity contribution in [1.29, 1.82) is 0 Å². The quantitative estimate of drug-likeness (QED) is 0.838. The van der Waals surface area contributed by atoms with E-state index in [0.717, 1.165) is 5.56 Å². The normalized spacial score (nSPS) is 24.3. The highest BCUT2D eigenvalue weighted by Crippen LogP contribution is 2.56. The minimum atomic E-state index is -1.30. The zero-order chi connectivity index (χ0) is 19.2. The lowest BCUT2D eigenvalue weighted by Gasteiger charge is -2.32. The van der Waals surface area contributed by atoms with Crippen molar-refractivity contribution in [3.8, 4) is 0 Å². The zero-order valence-electron chi connectivity index (χ0n) is 15.3. The molecule has 1 aromatic carbocycles. The topological polar surface area (TPSA) is 89.5 Å². The van der Waals surface area contributed by atoms with Gasteiger partial charge in [-0.05, 0) is 37.8 Å². The molecule has 1 N–H and O–H groups in total. The molecule has 0 saturated carbocycles. The zero-order valence-corrected chi connectivity index (χ0v) is 16.1. The van der Waals surface area contributed by atoms with Crippen LogP contribution >= 0.6 is 11.8 Å². The van der Waals surface area contributed by atoms with Gasteiger partial charge in [0.25, 0.3) is 5.91 Å². The second kappa shape index (κ2) is 6.61. The van der Waals surface area contributed by atoms with Crippen molar-refractivity contribution in [1.82, 2.24) is 10.2 Å². The number of rotatable bonds is 5. The van der Waals surface area contributed by atoms with Gasteiger partial charge in [-0.3, -0.25) is 9.59 Å². The molecule has 2 heterocycles. The molecular formula is C19H23N2O4S-. The van der Waals surface area contributed by atoms with Crippen molar-refractivity contribution in [2.75, 3.05) is 0 Å². The Balaban J connectivity index is 1.88. The SMILES string of the molecule is CC(C)C[C@@H](NC(=O)[C@H]1N2C(=O)c3ccccc3[C@@H]2SC1(C)C)C(=O)[O-]. The molecule has 0 spiro atoms. The van der Waals surface area contributed by atoms with E-state index in [1.54, 1.807) is 28.8 Å². The lowest BCUT2D eigenvalue weighted by atomic mass is 9.98. The summed E-state index contributed by atoms with van der Waals surface area (Å²) in [5.74, 6) is -1.84. The van der Waals surface area contributed by atoms with Crippen LogP contribution in [0, 0.1) is 5.92 Å². The summed E-state index contributed by atoms with van der Waals surface area (Å²) >= 11 is 1.55. The minimum Gasteiger partial charge on any atom is -0.548 e. The molecule has 1 saturated heterocycles. The van der Waals surface area contributed by atoms with E-state index in [0.29, 0.717) is 5.56 Å². The summed E-state index contributed by atoms with van der Waals surface area (Å²) in [4.78, 5) is 38.9. The standard InChI is InChI=1S/C19H24N2O4S/c1-10(2)9-13(18(24)25)20-15(22)14-19(3,4)26-17-12-8-6-5-7-11(12)16(23)21(14)17/h5-8,10,13-14,17H,9H2,1-4H3,(H,20,22)(H,24,25)/p-1/t13-,14-,17+/m1/s1. The van der Waals surface area contributed by atoms with Crippen molar-refractivity contribution in [2.45, 2.75) is 56.3 Å². The third-order valence-electron chi connectivity index (χ3n) is 4.85. The van der Waals surface area contributed by atoms with Crippen molar-refractivity contribution in [3.63, 3.8) is 0 Å². The molecule has 140 valence electrons. The maximum Gasteiger partial charge on any atom is 0.256 e. The fourth-order valence-corrected chi connectivity index (χ4v) is 5.33. The van der Waals surface area contributed by atoms with Gasteiger partial charge in [-0.1, -0.05) is 32.0 Å². The van der Waals surface area contributed by atoms with E-state index in [9.17, 15) is 19.5 Å². The number of carboxylic acids is 1. The largest absolute Gasteiger partial charge is 0.548 e. The summed E-state index contributed by atoms with van der Waals surface area (Å²) in [7, 11) is 0. The third-order valence-corrected chi connectivity index (χ3v) is 6.39. The molecule has 1 fully saturated rings. The van der Waals surface area contributed by atoms with Gasteiger partial charge in [0.2, 0.25) is 5.91 Å². The number of carbonyl (C=O) groups excluding carboxylic acids is 3. The molecule has 2 amide bonds. The van der Waals surface area contributed by atoms with Gasteiger partial charge in [-0.2, -0.15) is 0 Å². The molecular weight excluding hydrogens is 352 g/mol. The van der Waals surface area contributed by atoms with Crippen molar-refractivity contribution < 1.29 is 19.5 Å². The van der Waals surface area contributed by atoms with Crippen LogP contribution in [0.1, 0.15) is 55.4 Å². The summed E-state index contributed by atoms with van der Waals surface area (Å²) in [6, 6.07) is 5.55. The second-order valence-corrected chi connectivity index (χ2v) is 9.52. The average molecular weight is 375 g/mol. The first-order valence-electron chi connectivity index (χ1n) is 8.74. The number of carboxylic acid groups (broad SMARTS) is 1. The summed E-state index contributed by atoms with van der Waals surface area (Å²) in [5.41, 5.74) is 1.52. The van der Waals surface area contributed by atoms with Gasteiger partial charge in [0.05, 0.1) is 12.0 Å². The number of hydrogen-bond donors (Lipinski definition) is 1. The van der Waals surface area contributed by atoms with Crippen LogP contribution in [0.2, 0.25) is 0 Å². The summed E-state index contributed by atoms with van der Waals surface area (Å²) in [6.07, 6.45) is 0.284. The first-order valence-corrected chi connectivity index (χ1v) is 9.62. The Bertz CT molecular complexity index is 762. The highest BCUT2D eigenvalue weighted by Gasteiger charge is 2.57. The van der Waals surface area contributed by atoms with E-state index in [1.807, 2.05) is 39.8 Å². The first kappa shape index (κ1) is 18.8. The van der Waals surface area contributed by atoms with Gasteiger partial charge in [0.15, 0.2) is 0 Å². The number of carbonyl (C=O) groups is 3. The van der Waals surface area contributed by atoms with Gasteiger partial charge < -0.3 is 20.1 Å². The van der Waals surface area contributed by atoms with Crippen LogP contribution < -0.4 is 10.4 Å². The van der Waals surface area contributed by atoms with Gasteiger partial charge in [0.1, 0.15) is 11.4 Å². The Morgan fingerprint density at radius 1 is 1.31 bits per heavy atom. The van der Waals surface area contributed by atoms with E-state index in [2.05, 4.69) is 5.32 Å². The van der Waals surface area contributed by atoms with E-state index in [4.69, 9.17) is 0 Å². The van der Waals surface area contributed by atoms with Crippen LogP contribution in [-0.2, 0) is 9.59 Å². The predicted octanol–water partition coefficient (Wildman–Crippen LogP) is 1.32. The first-order chi connectivity index (χ1) is 12.1. The van der Waals surface area contributed by atoms with Crippen LogP contribution in [0.5, 0.6) is 0 Å². The maximum atomic E-state index is 13.0. The number of amides is 2. The molecule has 2 aliphatic rings. The fourth-order valence-electron chi connectivity index (χ4n) is 3.74. The van der Waals surface area contributed by atoms with Crippen LogP contribution in [0.15, 0.2) is 24.3 Å². The molecule has 2 aliphatic heterocycles. The number of nitrogens with one attached hydrogen (secondary N) is 1. The number of nitrogens with zero attached hydrogens (tertiary/aromatic N) is 1. The van der Waals surface area contributed by atoms with Crippen molar-refractivity contribution >= 4 is 29.5 Å². The molecule has 1 aromatic rings. The lowest BCUT2D eigenvalue weighted by molar-refractivity contribution is -0.308. The van der Waals surface area contributed by atoms with Gasteiger partial charge in [-0.25, -0.2) is 0 Å². The van der Waals surface area contributed by atoms with E-state index >= 15 is 0 Å². The number of thioether (sulfide) groups is 1. The molecule has 3 rings (SSSR count). The van der Waals surface area contributed by atoms with Gasteiger partial charge in [-0.15, -0.1) is 11.8 Å². The highest BCUT2D eigenvalue weighted by atomic mass is 32.2. The van der Waals surface area contributed by atoms with Crippen LogP contribution in [0.25, 0.3) is 0 Å². The molecule has 0 radical (unpaired) electrons. The van der Waals surface area contributed by atoms with Gasteiger partial charge in [0, 0.05) is 10.3 Å². The second-order valence-electron chi connectivity index (χ2n) is 7.79. The number of fused-ring (bicyclic) bond motifs is 3. The smallest absolute Gasteiger partial charge is 0.256 e. The molecule has 0 bridgehead atoms. The molecule has 6 nitrogen and oxygen atoms in total. The van der Waals surface area contributed by atoms with Crippen LogP contribution in [0.3, 0.4) is 0 Å². The summed E-state index contributed by atoms with van der Waals surface area (Å²) in [5, 5.41) is 13.8. The van der Waals surface area contributed by atoms with E-state index < -0.39 is 28.7 Å². The number of benzene rings is 1. The fraction of sp³-hybridized carbons (Fsp3) is 0.526. The van der Waals surface area contributed by atoms with Crippen LogP contribution in [0.4, 0.5) is 0 Å². The average Bonchev–Trinajstić information content (AvgIpc) is 2.97. The third kappa shape index (κ3) is 3.09. The molecule has 0 aliphatic carbocycles. The van der Waals surface area contributed by atoms with Crippen molar-refractivity contribution in [2.24, 2.45) is 5.92 Å². The molecule has 0 aromatic heterocycles. The van der Waals surface area contributed by atoms with Crippen LogP contribution in [-0.4, -0.2) is 39.5 Å². The maximum absolute atomic E-state index is 13.0.